The number of hydrogen-bond donors (Lipinski definition) is 1. The quantitative estimate of drug-likeness (QED) is 0.625. The van der Waals surface area contributed by atoms with Gasteiger partial charge in [-0.3, -0.25) is 0 Å². The van der Waals surface area contributed by atoms with Crippen molar-refractivity contribution in [3.8, 4) is 17.2 Å². The number of nitrogens with two attached hydrogens (primary N) is 1. The molecule has 0 radical (unpaired) electrons. The normalized spacial score (nSPS) is 10.8. The SMILES string of the molecule is COc1ccc(C(=O)OCc2nc(N)c3c(C)c(C)sc3n2)c(OC)c1OC. The van der Waals surface area contributed by atoms with Crippen molar-refractivity contribution in [3.63, 3.8) is 0 Å². The van der Waals surface area contributed by atoms with E-state index < -0.39 is 5.97 Å². The number of methoxy groups -OCH3 is 3. The highest BCUT2D eigenvalue weighted by atomic mass is 32.1. The molecule has 0 saturated carbocycles. The van der Waals surface area contributed by atoms with Crippen LogP contribution < -0.4 is 19.9 Å². The maximum Gasteiger partial charge on any atom is 0.342 e. The van der Waals surface area contributed by atoms with Crippen molar-refractivity contribution >= 4 is 33.3 Å². The summed E-state index contributed by atoms with van der Waals surface area (Å²) in [6.07, 6.45) is 0. The monoisotopic (exact) mass is 403 g/mol. The van der Waals surface area contributed by atoms with E-state index in [1.54, 1.807) is 12.1 Å². The number of esters is 1. The second-order valence-electron chi connectivity index (χ2n) is 5.95. The molecule has 9 heteroatoms. The third kappa shape index (κ3) is 3.40. The number of benzene rings is 1. The van der Waals surface area contributed by atoms with Crippen LogP contribution in [-0.4, -0.2) is 37.3 Å². The van der Waals surface area contributed by atoms with Gasteiger partial charge in [0.1, 0.15) is 16.2 Å². The van der Waals surface area contributed by atoms with Gasteiger partial charge in [-0.1, -0.05) is 0 Å². The summed E-state index contributed by atoms with van der Waals surface area (Å²) in [5.74, 6) is 1.10. The number of rotatable bonds is 6. The van der Waals surface area contributed by atoms with Crippen LogP contribution in [-0.2, 0) is 11.3 Å². The molecule has 0 unspecified atom stereocenters. The first kappa shape index (κ1) is 19.7. The molecule has 2 aromatic heterocycles. The maximum absolute atomic E-state index is 12.6. The standard InChI is InChI=1S/C19H21N3O5S/c1-9-10(2)28-18-14(9)17(20)21-13(22-18)8-27-19(23)11-6-7-12(24-3)16(26-5)15(11)25-4/h6-7H,8H2,1-5H3,(H2,20,21,22). The topological polar surface area (TPSA) is 106 Å². The molecule has 0 atom stereocenters. The van der Waals surface area contributed by atoms with Gasteiger partial charge < -0.3 is 24.7 Å². The average molecular weight is 403 g/mol. The van der Waals surface area contributed by atoms with Crippen molar-refractivity contribution in [1.29, 1.82) is 0 Å². The van der Waals surface area contributed by atoms with E-state index in [2.05, 4.69) is 9.97 Å². The van der Waals surface area contributed by atoms with Crippen LogP contribution in [0.4, 0.5) is 5.82 Å². The number of nitrogens with zero attached hydrogens (tertiary/aromatic N) is 2. The van der Waals surface area contributed by atoms with Crippen molar-refractivity contribution in [2.75, 3.05) is 27.1 Å². The lowest BCUT2D eigenvalue weighted by atomic mass is 10.1. The molecule has 28 heavy (non-hydrogen) atoms. The zero-order valence-corrected chi connectivity index (χ0v) is 17.1. The molecule has 1 aromatic carbocycles. The van der Waals surface area contributed by atoms with Crippen LogP contribution in [0.3, 0.4) is 0 Å². The molecule has 0 aliphatic rings. The summed E-state index contributed by atoms with van der Waals surface area (Å²) < 4.78 is 21.2. The van der Waals surface area contributed by atoms with Crippen LogP contribution in [0.2, 0.25) is 0 Å². The summed E-state index contributed by atoms with van der Waals surface area (Å²) in [4.78, 5) is 23.2. The van der Waals surface area contributed by atoms with Gasteiger partial charge in [-0.15, -0.1) is 11.3 Å². The van der Waals surface area contributed by atoms with E-state index in [-0.39, 0.29) is 17.9 Å². The van der Waals surface area contributed by atoms with Crippen LogP contribution in [0.15, 0.2) is 12.1 Å². The number of carbonyl (C=O) groups is 1. The van der Waals surface area contributed by atoms with Gasteiger partial charge in [0.15, 0.2) is 23.9 Å². The van der Waals surface area contributed by atoms with Crippen molar-refractivity contribution in [2.45, 2.75) is 20.5 Å². The number of thiophene rings is 1. The number of ether oxygens (including phenoxy) is 4. The van der Waals surface area contributed by atoms with Gasteiger partial charge in [0.05, 0.1) is 26.7 Å². The first-order valence-corrected chi connectivity index (χ1v) is 9.21. The second kappa shape index (κ2) is 7.89. The molecule has 3 rings (SSSR count). The Morgan fingerprint density at radius 3 is 2.43 bits per heavy atom. The van der Waals surface area contributed by atoms with Gasteiger partial charge in [0, 0.05) is 4.88 Å². The molecular weight excluding hydrogens is 382 g/mol. The number of aromatic nitrogens is 2. The third-order valence-electron chi connectivity index (χ3n) is 4.36. The average Bonchev–Trinajstić information content (AvgIpc) is 2.98. The number of anilines is 1. The Labute approximate surface area is 166 Å². The molecule has 0 amide bonds. The fourth-order valence-corrected chi connectivity index (χ4v) is 3.92. The summed E-state index contributed by atoms with van der Waals surface area (Å²) in [6.45, 7) is 3.87. The molecule has 2 heterocycles. The van der Waals surface area contributed by atoms with E-state index in [1.807, 2.05) is 13.8 Å². The molecule has 0 bridgehead atoms. The van der Waals surface area contributed by atoms with Crippen LogP contribution in [0.25, 0.3) is 10.2 Å². The number of hydrogen-bond acceptors (Lipinski definition) is 9. The number of fused-ring (bicyclic) bond motifs is 1. The molecule has 0 spiro atoms. The largest absolute Gasteiger partial charge is 0.493 e. The molecule has 0 aliphatic heterocycles. The Balaban J connectivity index is 1.86. The van der Waals surface area contributed by atoms with Crippen molar-refractivity contribution in [3.05, 3.63) is 34.0 Å². The van der Waals surface area contributed by atoms with E-state index in [0.717, 1.165) is 20.7 Å². The van der Waals surface area contributed by atoms with Gasteiger partial charge in [-0.25, -0.2) is 14.8 Å². The zero-order chi connectivity index (χ0) is 20.4. The summed E-state index contributed by atoms with van der Waals surface area (Å²) in [5.41, 5.74) is 7.34. The molecule has 0 saturated heterocycles. The minimum Gasteiger partial charge on any atom is -0.493 e. The van der Waals surface area contributed by atoms with E-state index in [0.29, 0.717) is 23.1 Å². The molecule has 0 fully saturated rings. The zero-order valence-electron chi connectivity index (χ0n) is 16.3. The molecule has 3 aromatic rings. The van der Waals surface area contributed by atoms with Crippen molar-refractivity contribution in [2.24, 2.45) is 0 Å². The van der Waals surface area contributed by atoms with Crippen LogP contribution in [0, 0.1) is 13.8 Å². The van der Waals surface area contributed by atoms with E-state index in [1.165, 1.54) is 32.7 Å². The minimum atomic E-state index is -0.599. The molecular formula is C19H21N3O5S. The summed E-state index contributed by atoms with van der Waals surface area (Å²) in [5, 5.41) is 0.846. The third-order valence-corrected chi connectivity index (χ3v) is 5.46. The fraction of sp³-hybridized carbons (Fsp3) is 0.316. The van der Waals surface area contributed by atoms with Gasteiger partial charge in [0.2, 0.25) is 5.75 Å². The lowest BCUT2D eigenvalue weighted by Gasteiger charge is -2.15. The number of nitrogen functional groups attached to an aromatic ring is 1. The van der Waals surface area contributed by atoms with E-state index in [4.69, 9.17) is 24.7 Å². The summed E-state index contributed by atoms with van der Waals surface area (Å²) in [7, 11) is 4.40. The van der Waals surface area contributed by atoms with Crippen molar-refractivity contribution in [1.82, 2.24) is 9.97 Å². The molecule has 0 aliphatic carbocycles. The maximum atomic E-state index is 12.6. The Hall–Kier alpha value is -3.07. The Morgan fingerprint density at radius 2 is 1.79 bits per heavy atom. The molecule has 148 valence electrons. The minimum absolute atomic E-state index is 0.119. The van der Waals surface area contributed by atoms with Crippen molar-refractivity contribution < 1.29 is 23.7 Å². The van der Waals surface area contributed by atoms with Crippen LogP contribution in [0.5, 0.6) is 17.2 Å². The first-order valence-electron chi connectivity index (χ1n) is 8.39. The van der Waals surface area contributed by atoms with Gasteiger partial charge in [-0.2, -0.15) is 0 Å². The smallest absolute Gasteiger partial charge is 0.342 e. The Morgan fingerprint density at radius 1 is 1.07 bits per heavy atom. The highest BCUT2D eigenvalue weighted by molar-refractivity contribution is 7.18. The fourth-order valence-electron chi connectivity index (χ4n) is 2.86. The Bertz CT molecular complexity index is 1050. The predicted octanol–water partition coefficient (Wildman–Crippen LogP) is 3.27. The second-order valence-corrected chi connectivity index (χ2v) is 7.15. The molecule has 2 N–H and O–H groups in total. The molecule has 8 nitrogen and oxygen atoms in total. The number of carbonyl (C=O) groups excluding carboxylic acids is 1. The summed E-state index contributed by atoms with van der Waals surface area (Å²) >= 11 is 1.53. The van der Waals surface area contributed by atoms with Crippen LogP contribution in [0.1, 0.15) is 26.6 Å². The van der Waals surface area contributed by atoms with Crippen LogP contribution >= 0.6 is 11.3 Å². The van der Waals surface area contributed by atoms with Gasteiger partial charge in [-0.05, 0) is 31.5 Å². The predicted molar refractivity (Wildman–Crippen MR) is 107 cm³/mol. The highest BCUT2D eigenvalue weighted by Crippen LogP contribution is 2.40. The summed E-state index contributed by atoms with van der Waals surface area (Å²) in [6, 6.07) is 3.16. The van der Waals surface area contributed by atoms with E-state index >= 15 is 0 Å². The lowest BCUT2D eigenvalue weighted by molar-refractivity contribution is 0.0458. The van der Waals surface area contributed by atoms with Gasteiger partial charge in [0.25, 0.3) is 0 Å². The van der Waals surface area contributed by atoms with Gasteiger partial charge >= 0.3 is 5.97 Å². The number of aryl methyl sites for hydroxylation is 2. The first-order chi connectivity index (χ1) is 13.4. The highest BCUT2D eigenvalue weighted by Gasteiger charge is 2.22. The van der Waals surface area contributed by atoms with E-state index in [9.17, 15) is 4.79 Å². The Kier molecular flexibility index (Phi) is 5.55. The lowest BCUT2D eigenvalue weighted by Crippen LogP contribution is -2.10.